The number of rotatable bonds is 7. The van der Waals surface area contributed by atoms with E-state index in [2.05, 4.69) is 5.32 Å². The highest BCUT2D eigenvalue weighted by atomic mass is 16.4. The van der Waals surface area contributed by atoms with Crippen molar-refractivity contribution in [2.24, 2.45) is 5.92 Å². The Morgan fingerprint density at radius 1 is 1.20 bits per heavy atom. The van der Waals surface area contributed by atoms with Crippen LogP contribution in [-0.2, 0) is 14.4 Å². The number of nitrogens with one attached hydrogen (secondary N) is 1. The highest BCUT2D eigenvalue weighted by molar-refractivity contribution is 5.83. The number of amides is 2. The predicted octanol–water partition coefficient (Wildman–Crippen LogP) is 1.01. The summed E-state index contributed by atoms with van der Waals surface area (Å²) in [5.41, 5.74) is 0. The molecule has 1 heterocycles. The number of hydrogen-bond acceptors (Lipinski definition) is 3. The van der Waals surface area contributed by atoms with Crippen molar-refractivity contribution in [2.75, 3.05) is 19.6 Å². The molecule has 0 aromatic carbocycles. The first-order valence-corrected chi connectivity index (χ1v) is 7.29. The van der Waals surface area contributed by atoms with E-state index in [1.54, 1.807) is 4.90 Å². The fourth-order valence-corrected chi connectivity index (χ4v) is 2.36. The van der Waals surface area contributed by atoms with Gasteiger partial charge in [-0.25, -0.2) is 0 Å². The minimum absolute atomic E-state index is 0.00887. The van der Waals surface area contributed by atoms with Gasteiger partial charge in [-0.3, -0.25) is 14.4 Å². The lowest BCUT2D eigenvalue weighted by Gasteiger charge is -2.31. The van der Waals surface area contributed by atoms with Crippen molar-refractivity contribution in [3.63, 3.8) is 0 Å². The third-order valence-electron chi connectivity index (χ3n) is 3.57. The summed E-state index contributed by atoms with van der Waals surface area (Å²) in [4.78, 5) is 35.7. The summed E-state index contributed by atoms with van der Waals surface area (Å²) in [6.07, 6.45) is 3.01. The smallest absolute Gasteiger partial charge is 0.303 e. The van der Waals surface area contributed by atoms with Crippen LogP contribution in [0.2, 0.25) is 0 Å². The maximum absolute atomic E-state index is 11.9. The van der Waals surface area contributed by atoms with Crippen LogP contribution in [0.3, 0.4) is 0 Å². The number of carboxylic acids is 1. The number of carbonyl (C=O) groups excluding carboxylic acids is 2. The first-order chi connectivity index (χ1) is 9.52. The Morgan fingerprint density at radius 3 is 2.40 bits per heavy atom. The summed E-state index contributed by atoms with van der Waals surface area (Å²) in [5.74, 6) is -0.696. The maximum Gasteiger partial charge on any atom is 0.303 e. The number of carboxylic acid groups (broad SMARTS) is 1. The average Bonchev–Trinajstić information content (AvgIpc) is 2.42. The summed E-state index contributed by atoms with van der Waals surface area (Å²) >= 11 is 0. The Balaban J connectivity index is 2.22. The van der Waals surface area contributed by atoms with Crippen LogP contribution in [0.4, 0.5) is 0 Å². The van der Waals surface area contributed by atoms with Crippen LogP contribution in [0.1, 0.15) is 45.4 Å². The van der Waals surface area contributed by atoms with E-state index in [0.717, 1.165) is 19.3 Å². The zero-order valence-electron chi connectivity index (χ0n) is 12.1. The molecule has 0 radical (unpaired) electrons. The van der Waals surface area contributed by atoms with Gasteiger partial charge in [0, 0.05) is 38.9 Å². The second-order valence-electron chi connectivity index (χ2n) is 5.27. The van der Waals surface area contributed by atoms with E-state index >= 15 is 0 Å². The summed E-state index contributed by atoms with van der Waals surface area (Å²) in [6.45, 7) is 3.83. The van der Waals surface area contributed by atoms with Gasteiger partial charge >= 0.3 is 5.97 Å². The number of likely N-dealkylation sites (tertiary alicyclic amines) is 1. The van der Waals surface area contributed by atoms with Gasteiger partial charge in [0.15, 0.2) is 0 Å². The van der Waals surface area contributed by atoms with E-state index in [9.17, 15) is 14.4 Å². The van der Waals surface area contributed by atoms with Gasteiger partial charge in [0.25, 0.3) is 0 Å². The summed E-state index contributed by atoms with van der Waals surface area (Å²) in [6, 6.07) is 0. The van der Waals surface area contributed by atoms with Crippen LogP contribution in [0.25, 0.3) is 0 Å². The SMILES string of the molecule is CCCNC(=O)CCC(=O)N1CCC(CC(=O)O)CC1. The molecule has 20 heavy (non-hydrogen) atoms. The minimum atomic E-state index is -0.776. The molecule has 0 atom stereocenters. The molecule has 114 valence electrons. The first kappa shape index (κ1) is 16.5. The van der Waals surface area contributed by atoms with E-state index in [-0.39, 0.29) is 37.0 Å². The summed E-state index contributed by atoms with van der Waals surface area (Å²) in [7, 11) is 0. The summed E-state index contributed by atoms with van der Waals surface area (Å²) in [5, 5.41) is 11.5. The van der Waals surface area contributed by atoms with Gasteiger partial charge < -0.3 is 15.3 Å². The molecule has 0 saturated carbocycles. The Morgan fingerprint density at radius 2 is 1.85 bits per heavy atom. The molecule has 1 aliphatic heterocycles. The van der Waals surface area contributed by atoms with Gasteiger partial charge in [0.05, 0.1) is 0 Å². The second kappa shape index (κ2) is 8.55. The van der Waals surface area contributed by atoms with Crippen molar-refractivity contribution in [1.82, 2.24) is 10.2 Å². The molecular weight excluding hydrogens is 260 g/mol. The molecule has 0 spiro atoms. The molecule has 2 amide bonds. The molecule has 0 aromatic heterocycles. The lowest BCUT2D eigenvalue weighted by Crippen LogP contribution is -2.39. The molecule has 0 bridgehead atoms. The largest absolute Gasteiger partial charge is 0.481 e. The molecule has 0 unspecified atom stereocenters. The van der Waals surface area contributed by atoms with Crippen LogP contribution in [0, 0.1) is 5.92 Å². The standard InChI is InChI=1S/C14H24N2O4/c1-2-7-15-12(17)3-4-13(18)16-8-5-11(6-9-16)10-14(19)20/h11H,2-10H2,1H3,(H,15,17)(H,19,20). The molecule has 2 N–H and O–H groups in total. The molecule has 1 aliphatic rings. The first-order valence-electron chi connectivity index (χ1n) is 7.29. The quantitative estimate of drug-likeness (QED) is 0.730. The van der Waals surface area contributed by atoms with Gasteiger partial charge in [-0.15, -0.1) is 0 Å². The minimum Gasteiger partial charge on any atom is -0.481 e. The summed E-state index contributed by atoms with van der Waals surface area (Å²) < 4.78 is 0. The van der Waals surface area contributed by atoms with Crippen molar-refractivity contribution < 1.29 is 19.5 Å². The average molecular weight is 284 g/mol. The Hall–Kier alpha value is -1.59. The second-order valence-corrected chi connectivity index (χ2v) is 5.27. The molecular formula is C14H24N2O4. The fourth-order valence-electron chi connectivity index (χ4n) is 2.36. The number of carbonyl (C=O) groups is 3. The van der Waals surface area contributed by atoms with Crippen LogP contribution in [0.15, 0.2) is 0 Å². The normalized spacial score (nSPS) is 15.9. The Kier molecular flexibility index (Phi) is 7.04. The third-order valence-corrected chi connectivity index (χ3v) is 3.57. The number of hydrogen-bond donors (Lipinski definition) is 2. The van der Waals surface area contributed by atoms with Crippen LogP contribution < -0.4 is 5.32 Å². The third kappa shape index (κ3) is 6.04. The van der Waals surface area contributed by atoms with Crippen molar-refractivity contribution >= 4 is 17.8 Å². The number of nitrogens with zero attached hydrogens (tertiary/aromatic N) is 1. The molecule has 1 fully saturated rings. The van der Waals surface area contributed by atoms with Crippen LogP contribution in [-0.4, -0.2) is 47.4 Å². The molecule has 1 rings (SSSR count). The van der Waals surface area contributed by atoms with Crippen molar-refractivity contribution in [2.45, 2.75) is 45.4 Å². The monoisotopic (exact) mass is 284 g/mol. The van der Waals surface area contributed by atoms with E-state index in [1.165, 1.54) is 0 Å². The predicted molar refractivity (Wildman–Crippen MR) is 74.1 cm³/mol. The van der Waals surface area contributed by atoms with Gasteiger partial charge in [0.1, 0.15) is 0 Å². The lowest BCUT2D eigenvalue weighted by molar-refractivity contribution is -0.139. The number of piperidine rings is 1. The van der Waals surface area contributed by atoms with Crippen molar-refractivity contribution in [3.05, 3.63) is 0 Å². The van der Waals surface area contributed by atoms with Gasteiger partial charge in [-0.2, -0.15) is 0 Å². The number of aliphatic carboxylic acids is 1. The highest BCUT2D eigenvalue weighted by Crippen LogP contribution is 2.21. The lowest BCUT2D eigenvalue weighted by atomic mass is 9.93. The Bertz CT molecular complexity index is 349. The van der Waals surface area contributed by atoms with E-state index in [1.807, 2.05) is 6.92 Å². The zero-order chi connectivity index (χ0) is 15.0. The van der Waals surface area contributed by atoms with Crippen LogP contribution >= 0.6 is 0 Å². The highest BCUT2D eigenvalue weighted by Gasteiger charge is 2.24. The van der Waals surface area contributed by atoms with Gasteiger partial charge in [0.2, 0.25) is 11.8 Å². The van der Waals surface area contributed by atoms with Crippen LogP contribution in [0.5, 0.6) is 0 Å². The van der Waals surface area contributed by atoms with Gasteiger partial charge in [-0.1, -0.05) is 6.92 Å². The van der Waals surface area contributed by atoms with E-state index < -0.39 is 5.97 Å². The molecule has 0 aliphatic carbocycles. The topological polar surface area (TPSA) is 86.7 Å². The molecule has 0 aromatic rings. The maximum atomic E-state index is 11.9. The van der Waals surface area contributed by atoms with Crippen molar-refractivity contribution in [1.29, 1.82) is 0 Å². The Labute approximate surface area is 119 Å². The van der Waals surface area contributed by atoms with Crippen molar-refractivity contribution in [3.8, 4) is 0 Å². The molecule has 6 nitrogen and oxygen atoms in total. The molecule has 6 heteroatoms. The zero-order valence-corrected chi connectivity index (χ0v) is 12.1. The fraction of sp³-hybridized carbons (Fsp3) is 0.786. The van der Waals surface area contributed by atoms with Gasteiger partial charge in [-0.05, 0) is 25.2 Å². The molecule has 1 saturated heterocycles. The van der Waals surface area contributed by atoms with E-state index in [4.69, 9.17) is 5.11 Å². The van der Waals surface area contributed by atoms with E-state index in [0.29, 0.717) is 19.6 Å².